The van der Waals surface area contributed by atoms with Crippen molar-refractivity contribution in [2.45, 2.75) is 6.92 Å². The van der Waals surface area contributed by atoms with Gasteiger partial charge < -0.3 is 5.32 Å². The van der Waals surface area contributed by atoms with Gasteiger partial charge in [-0.25, -0.2) is 9.67 Å². The number of benzene rings is 1. The minimum absolute atomic E-state index is 0.866. The molecule has 0 fully saturated rings. The Balaban J connectivity index is 1.87. The lowest BCUT2D eigenvalue weighted by molar-refractivity contribution is 0.719. The molecule has 0 bridgehead atoms. The Hall–Kier alpha value is -2.21. The van der Waals surface area contributed by atoms with Gasteiger partial charge in [0.2, 0.25) is 0 Å². The monoisotopic (exact) mass is 271 g/mol. The van der Waals surface area contributed by atoms with Gasteiger partial charge in [0.25, 0.3) is 0 Å². The summed E-state index contributed by atoms with van der Waals surface area (Å²) < 4.78 is 1.71. The molecule has 96 valence electrons. The van der Waals surface area contributed by atoms with E-state index >= 15 is 0 Å². The standard InChI is InChI=1S/C13H13N5S/c1-9-5-3-4-6-10(9)15-13-16-11(8-19-13)12-7-14-17-18(12)2/h3-8H,1-2H3,(H,15,16). The van der Waals surface area contributed by atoms with Crippen molar-refractivity contribution in [3.63, 3.8) is 0 Å². The molecule has 6 heteroatoms. The van der Waals surface area contributed by atoms with Gasteiger partial charge >= 0.3 is 0 Å². The number of thiazole rings is 1. The molecule has 0 radical (unpaired) electrons. The second-order valence-electron chi connectivity index (χ2n) is 4.22. The van der Waals surface area contributed by atoms with Crippen molar-refractivity contribution < 1.29 is 0 Å². The normalized spacial score (nSPS) is 10.6. The minimum Gasteiger partial charge on any atom is -0.331 e. The first-order valence-electron chi connectivity index (χ1n) is 5.87. The van der Waals surface area contributed by atoms with E-state index in [1.807, 2.05) is 30.6 Å². The van der Waals surface area contributed by atoms with Crippen LogP contribution in [0.25, 0.3) is 11.4 Å². The van der Waals surface area contributed by atoms with E-state index in [-0.39, 0.29) is 0 Å². The molecular formula is C13H13N5S. The van der Waals surface area contributed by atoms with E-state index in [1.54, 1.807) is 22.2 Å². The van der Waals surface area contributed by atoms with Crippen LogP contribution in [-0.2, 0) is 7.05 Å². The van der Waals surface area contributed by atoms with Gasteiger partial charge in [-0.15, -0.1) is 16.4 Å². The second kappa shape index (κ2) is 4.81. The maximum Gasteiger partial charge on any atom is 0.187 e. The molecule has 2 aromatic heterocycles. The highest BCUT2D eigenvalue weighted by Gasteiger charge is 2.09. The van der Waals surface area contributed by atoms with Crippen molar-refractivity contribution in [3.05, 3.63) is 41.4 Å². The molecule has 0 unspecified atom stereocenters. The Morgan fingerprint density at radius 2 is 2.11 bits per heavy atom. The third-order valence-electron chi connectivity index (χ3n) is 2.87. The molecule has 5 nitrogen and oxygen atoms in total. The molecule has 1 aromatic carbocycles. The van der Waals surface area contributed by atoms with Gasteiger partial charge in [-0.2, -0.15) is 0 Å². The molecule has 0 aliphatic heterocycles. The number of anilines is 2. The number of aryl methyl sites for hydroxylation is 2. The number of hydrogen-bond acceptors (Lipinski definition) is 5. The SMILES string of the molecule is Cc1ccccc1Nc1nc(-c2cnnn2C)cs1. The predicted molar refractivity (Wildman–Crippen MR) is 76.6 cm³/mol. The lowest BCUT2D eigenvalue weighted by Gasteiger charge is -2.05. The molecule has 0 saturated carbocycles. The first-order chi connectivity index (χ1) is 9.24. The quantitative estimate of drug-likeness (QED) is 0.795. The van der Waals surface area contributed by atoms with Gasteiger partial charge in [-0.3, -0.25) is 0 Å². The zero-order valence-corrected chi connectivity index (χ0v) is 11.5. The molecule has 3 rings (SSSR count). The van der Waals surface area contributed by atoms with Crippen LogP contribution in [0, 0.1) is 6.92 Å². The van der Waals surface area contributed by atoms with Crippen LogP contribution in [0.3, 0.4) is 0 Å². The summed E-state index contributed by atoms with van der Waals surface area (Å²) in [4.78, 5) is 4.56. The Morgan fingerprint density at radius 1 is 1.26 bits per heavy atom. The lowest BCUT2D eigenvalue weighted by atomic mass is 10.2. The van der Waals surface area contributed by atoms with E-state index < -0.39 is 0 Å². The minimum atomic E-state index is 0.866. The summed E-state index contributed by atoms with van der Waals surface area (Å²) in [7, 11) is 1.86. The summed E-state index contributed by atoms with van der Waals surface area (Å²) in [6, 6.07) is 8.15. The molecule has 2 heterocycles. The smallest absolute Gasteiger partial charge is 0.187 e. The van der Waals surface area contributed by atoms with Crippen LogP contribution in [0.2, 0.25) is 0 Å². The molecule has 0 spiro atoms. The fourth-order valence-electron chi connectivity index (χ4n) is 1.80. The molecule has 0 amide bonds. The molecule has 0 saturated heterocycles. The highest BCUT2D eigenvalue weighted by atomic mass is 32.1. The summed E-state index contributed by atoms with van der Waals surface area (Å²) in [6.45, 7) is 2.07. The van der Waals surface area contributed by atoms with E-state index in [0.29, 0.717) is 0 Å². The van der Waals surface area contributed by atoms with Crippen molar-refractivity contribution in [2.75, 3.05) is 5.32 Å². The molecule has 0 aliphatic rings. The Morgan fingerprint density at radius 3 is 2.84 bits per heavy atom. The summed E-state index contributed by atoms with van der Waals surface area (Å²) >= 11 is 1.57. The third kappa shape index (κ3) is 2.34. The average Bonchev–Trinajstić information content (AvgIpc) is 3.01. The molecule has 3 aromatic rings. The highest BCUT2D eigenvalue weighted by Crippen LogP contribution is 2.27. The van der Waals surface area contributed by atoms with Gasteiger partial charge in [-0.05, 0) is 18.6 Å². The van der Waals surface area contributed by atoms with E-state index in [4.69, 9.17) is 0 Å². The van der Waals surface area contributed by atoms with E-state index in [1.165, 1.54) is 5.56 Å². The fourth-order valence-corrected chi connectivity index (χ4v) is 2.52. The van der Waals surface area contributed by atoms with Crippen LogP contribution in [-0.4, -0.2) is 20.0 Å². The number of rotatable bonds is 3. The van der Waals surface area contributed by atoms with Gasteiger partial charge in [-0.1, -0.05) is 23.4 Å². The topological polar surface area (TPSA) is 55.6 Å². The fraction of sp³-hybridized carbons (Fsp3) is 0.154. The van der Waals surface area contributed by atoms with Gasteiger partial charge in [0.15, 0.2) is 5.13 Å². The first-order valence-corrected chi connectivity index (χ1v) is 6.75. The largest absolute Gasteiger partial charge is 0.331 e. The number of para-hydroxylation sites is 1. The van der Waals surface area contributed by atoms with Crippen molar-refractivity contribution in [1.29, 1.82) is 0 Å². The van der Waals surface area contributed by atoms with Crippen LogP contribution in [0.15, 0.2) is 35.8 Å². The maximum atomic E-state index is 4.56. The van der Waals surface area contributed by atoms with E-state index in [9.17, 15) is 0 Å². The van der Waals surface area contributed by atoms with Crippen LogP contribution in [0.1, 0.15) is 5.56 Å². The molecule has 1 N–H and O–H groups in total. The summed E-state index contributed by atoms with van der Waals surface area (Å²) in [6.07, 6.45) is 1.71. The first kappa shape index (κ1) is 11.9. The van der Waals surface area contributed by atoms with Crippen LogP contribution < -0.4 is 5.32 Å². The van der Waals surface area contributed by atoms with Crippen LogP contribution in [0.5, 0.6) is 0 Å². The third-order valence-corrected chi connectivity index (χ3v) is 3.63. The number of nitrogens with zero attached hydrogens (tertiary/aromatic N) is 4. The number of hydrogen-bond donors (Lipinski definition) is 1. The number of nitrogens with one attached hydrogen (secondary N) is 1. The average molecular weight is 271 g/mol. The van der Waals surface area contributed by atoms with Crippen LogP contribution >= 0.6 is 11.3 Å². The zero-order valence-electron chi connectivity index (χ0n) is 10.7. The predicted octanol–water partition coefficient (Wildman–Crippen LogP) is 2.99. The van der Waals surface area contributed by atoms with Crippen molar-refractivity contribution >= 4 is 22.2 Å². The Bertz CT molecular complexity index is 700. The van der Waals surface area contributed by atoms with E-state index in [0.717, 1.165) is 22.2 Å². The molecular weight excluding hydrogens is 258 g/mol. The van der Waals surface area contributed by atoms with Crippen LogP contribution in [0.4, 0.5) is 10.8 Å². The summed E-state index contributed by atoms with van der Waals surface area (Å²) in [5.74, 6) is 0. The molecule has 0 atom stereocenters. The van der Waals surface area contributed by atoms with Crippen molar-refractivity contribution in [3.8, 4) is 11.4 Å². The number of aromatic nitrogens is 4. The van der Waals surface area contributed by atoms with Crippen molar-refractivity contribution in [1.82, 2.24) is 20.0 Å². The zero-order chi connectivity index (χ0) is 13.2. The maximum absolute atomic E-state index is 4.56. The van der Waals surface area contributed by atoms with Gasteiger partial charge in [0, 0.05) is 18.1 Å². The van der Waals surface area contributed by atoms with E-state index in [2.05, 4.69) is 33.6 Å². The summed E-state index contributed by atoms with van der Waals surface area (Å²) in [5.41, 5.74) is 4.07. The highest BCUT2D eigenvalue weighted by molar-refractivity contribution is 7.14. The van der Waals surface area contributed by atoms with Crippen molar-refractivity contribution in [2.24, 2.45) is 7.05 Å². The summed E-state index contributed by atoms with van der Waals surface area (Å²) in [5, 5.41) is 14.0. The van der Waals surface area contributed by atoms with Gasteiger partial charge in [0.1, 0.15) is 11.4 Å². The Labute approximate surface area is 114 Å². The Kier molecular flexibility index (Phi) is 3.00. The van der Waals surface area contributed by atoms with Gasteiger partial charge in [0.05, 0.1) is 6.20 Å². The molecule has 19 heavy (non-hydrogen) atoms. The lowest BCUT2D eigenvalue weighted by Crippen LogP contribution is -1.95. The molecule has 0 aliphatic carbocycles. The second-order valence-corrected chi connectivity index (χ2v) is 5.08.